The Morgan fingerprint density at radius 2 is 1.48 bits per heavy atom. The second-order valence-electron chi connectivity index (χ2n) is 10.5. The molecule has 2 heterocycles. The van der Waals surface area contributed by atoms with Crippen molar-refractivity contribution in [2.24, 2.45) is 0 Å². The molecule has 0 bridgehead atoms. The van der Waals surface area contributed by atoms with Crippen molar-refractivity contribution in [2.75, 3.05) is 13.7 Å². The highest BCUT2D eigenvalue weighted by Crippen LogP contribution is 2.31. The minimum absolute atomic E-state index is 0.0364. The molecular weight excluding hydrogens is 679 g/mol. The number of methoxy groups -OCH3 is 1. The van der Waals surface area contributed by atoms with Gasteiger partial charge in [0.25, 0.3) is 5.56 Å². The minimum atomic E-state index is -0.891. The number of ether oxygens (including phenoxy) is 4. The Labute approximate surface area is 267 Å². The van der Waals surface area contributed by atoms with Crippen LogP contribution in [0.4, 0.5) is 0 Å². The molecule has 1 saturated heterocycles. The predicted molar refractivity (Wildman–Crippen MR) is 170 cm³/mol. The van der Waals surface area contributed by atoms with Crippen LogP contribution in [0.25, 0.3) is 0 Å². The summed E-state index contributed by atoms with van der Waals surface area (Å²) in [6, 6.07) is 20.9. The molecule has 228 valence electrons. The van der Waals surface area contributed by atoms with Crippen LogP contribution in [-0.2, 0) is 20.8 Å². The van der Waals surface area contributed by atoms with E-state index in [0.717, 1.165) is 21.3 Å². The van der Waals surface area contributed by atoms with Gasteiger partial charge in [-0.3, -0.25) is 13.9 Å². The highest BCUT2D eigenvalue weighted by atomic mass is 127. The molecule has 5 rings (SSSR count). The van der Waals surface area contributed by atoms with E-state index in [0.29, 0.717) is 20.4 Å². The van der Waals surface area contributed by atoms with Gasteiger partial charge in [0.05, 0.1) is 28.4 Å². The van der Waals surface area contributed by atoms with Crippen LogP contribution in [0.15, 0.2) is 88.6 Å². The summed E-state index contributed by atoms with van der Waals surface area (Å²) >= 11 is 1.88. The second kappa shape index (κ2) is 13.6. The number of aryl methyl sites for hydroxylation is 2. The predicted octanol–water partition coefficient (Wildman–Crippen LogP) is 4.66. The number of nitrogens with zero attached hydrogens (tertiary/aromatic N) is 2. The number of carbonyl (C=O) groups is 2. The van der Waals surface area contributed by atoms with Crippen LogP contribution in [-0.4, -0.2) is 47.0 Å². The van der Waals surface area contributed by atoms with E-state index in [-0.39, 0.29) is 19.6 Å². The van der Waals surface area contributed by atoms with Gasteiger partial charge in [-0.2, -0.15) is 0 Å². The molecule has 0 spiro atoms. The number of esters is 2. The van der Waals surface area contributed by atoms with Gasteiger partial charge in [0, 0.05) is 12.6 Å². The van der Waals surface area contributed by atoms with Gasteiger partial charge in [-0.15, -0.1) is 0 Å². The molecule has 0 aliphatic carbocycles. The van der Waals surface area contributed by atoms with E-state index in [9.17, 15) is 19.2 Å². The first-order chi connectivity index (χ1) is 21.1. The molecule has 1 fully saturated rings. The monoisotopic (exact) mass is 710 g/mol. The molecule has 0 unspecified atom stereocenters. The average molecular weight is 711 g/mol. The molecule has 4 aromatic rings. The second-order valence-corrected chi connectivity index (χ2v) is 11.7. The summed E-state index contributed by atoms with van der Waals surface area (Å²) in [5.74, 6) is -0.471. The van der Waals surface area contributed by atoms with Crippen LogP contribution in [0.1, 0.15) is 50.1 Å². The Bertz CT molecular complexity index is 1760. The normalized spacial score (nSPS) is 17.7. The largest absolute Gasteiger partial charge is 0.497 e. The van der Waals surface area contributed by atoms with Crippen molar-refractivity contribution < 1.29 is 28.5 Å². The third-order valence-corrected chi connectivity index (χ3v) is 8.10. The van der Waals surface area contributed by atoms with Crippen LogP contribution >= 0.6 is 22.6 Å². The number of aromatic nitrogens is 2. The molecule has 3 atom stereocenters. The summed E-state index contributed by atoms with van der Waals surface area (Å²) in [7, 11) is 1.56. The lowest BCUT2D eigenvalue weighted by Gasteiger charge is -2.19. The fourth-order valence-electron chi connectivity index (χ4n) is 4.82. The van der Waals surface area contributed by atoms with Crippen LogP contribution in [0.3, 0.4) is 0 Å². The lowest BCUT2D eigenvalue weighted by Crippen LogP contribution is -2.42. The Kier molecular flexibility index (Phi) is 9.64. The lowest BCUT2D eigenvalue weighted by molar-refractivity contribution is -0.0585. The number of hydrogen-bond acceptors (Lipinski definition) is 8. The highest BCUT2D eigenvalue weighted by Gasteiger charge is 2.41. The number of rotatable bonds is 9. The molecule has 11 heteroatoms. The van der Waals surface area contributed by atoms with Crippen molar-refractivity contribution in [3.63, 3.8) is 0 Å². The van der Waals surface area contributed by atoms with Gasteiger partial charge in [-0.05, 0) is 78.4 Å². The van der Waals surface area contributed by atoms with Crippen molar-refractivity contribution in [1.82, 2.24) is 9.13 Å². The Morgan fingerprint density at radius 1 is 0.886 bits per heavy atom. The molecule has 44 heavy (non-hydrogen) atoms. The van der Waals surface area contributed by atoms with Gasteiger partial charge in [0.1, 0.15) is 30.8 Å². The molecule has 0 amide bonds. The van der Waals surface area contributed by atoms with Crippen molar-refractivity contribution in [3.05, 3.63) is 131 Å². The number of carbonyl (C=O) groups excluding carboxylic acids is 2. The zero-order valence-corrected chi connectivity index (χ0v) is 26.6. The molecule has 1 aromatic heterocycles. The third kappa shape index (κ3) is 7.11. The first-order valence-electron chi connectivity index (χ1n) is 13.9. The van der Waals surface area contributed by atoms with Gasteiger partial charge in [-0.1, -0.05) is 47.5 Å². The van der Waals surface area contributed by atoms with Crippen LogP contribution in [0, 0.1) is 17.4 Å². The Hall–Kier alpha value is -4.23. The first-order valence-corrected chi connectivity index (χ1v) is 15.0. The summed E-state index contributed by atoms with van der Waals surface area (Å²) in [4.78, 5) is 52.5. The van der Waals surface area contributed by atoms with Gasteiger partial charge in [0.2, 0.25) is 0 Å². The van der Waals surface area contributed by atoms with Crippen molar-refractivity contribution in [2.45, 2.75) is 45.2 Å². The smallest absolute Gasteiger partial charge is 0.338 e. The molecule has 0 radical (unpaired) electrons. The van der Waals surface area contributed by atoms with E-state index in [2.05, 4.69) is 0 Å². The standard InChI is InChI=1S/C33H31IN2O8/c1-20-4-10-23(11-5-20)31(38)42-19-28-27(44-32(39)24-12-6-21(2)7-13-24)16-29(43-28)35-18-26(34)30(37)36(33(35)40)17-22-8-14-25(41-3)15-9-22/h4-15,18,27-29H,16-17,19H2,1-3H3/t27-,28+,29+/m0/s1. The summed E-state index contributed by atoms with van der Waals surface area (Å²) in [5, 5.41) is 0. The zero-order chi connectivity index (χ0) is 31.4. The van der Waals surface area contributed by atoms with Gasteiger partial charge >= 0.3 is 17.6 Å². The van der Waals surface area contributed by atoms with E-state index in [1.165, 1.54) is 10.8 Å². The minimum Gasteiger partial charge on any atom is -0.497 e. The van der Waals surface area contributed by atoms with Crippen LogP contribution in [0.2, 0.25) is 0 Å². The maximum absolute atomic E-state index is 13.6. The maximum atomic E-state index is 13.6. The zero-order valence-electron chi connectivity index (χ0n) is 24.4. The quantitative estimate of drug-likeness (QED) is 0.182. The number of halogens is 1. The molecule has 1 aliphatic heterocycles. The highest BCUT2D eigenvalue weighted by molar-refractivity contribution is 14.1. The van der Waals surface area contributed by atoms with Crippen LogP contribution in [0.5, 0.6) is 5.75 Å². The summed E-state index contributed by atoms with van der Waals surface area (Å²) in [6.07, 6.45) is -1.07. The van der Waals surface area contributed by atoms with E-state index < -0.39 is 41.6 Å². The van der Waals surface area contributed by atoms with Gasteiger partial charge < -0.3 is 18.9 Å². The number of benzene rings is 3. The molecule has 10 nitrogen and oxygen atoms in total. The Balaban J connectivity index is 1.40. The fraction of sp³-hybridized carbons (Fsp3) is 0.273. The van der Waals surface area contributed by atoms with Crippen molar-refractivity contribution >= 4 is 34.5 Å². The fourth-order valence-corrected chi connectivity index (χ4v) is 5.41. The third-order valence-electron chi connectivity index (χ3n) is 7.36. The maximum Gasteiger partial charge on any atom is 0.338 e. The Morgan fingerprint density at radius 3 is 2.07 bits per heavy atom. The van der Waals surface area contributed by atoms with Crippen LogP contribution < -0.4 is 16.0 Å². The topological polar surface area (TPSA) is 115 Å². The molecule has 1 aliphatic rings. The summed E-state index contributed by atoms with van der Waals surface area (Å²) < 4.78 is 25.6. The van der Waals surface area contributed by atoms with Crippen molar-refractivity contribution in [3.8, 4) is 5.75 Å². The molecule has 3 aromatic carbocycles. The summed E-state index contributed by atoms with van der Waals surface area (Å²) in [6.45, 7) is 3.65. The van der Waals surface area contributed by atoms with E-state index >= 15 is 0 Å². The first kappa shape index (κ1) is 31.2. The van der Waals surface area contributed by atoms with E-state index in [1.54, 1.807) is 79.9 Å². The summed E-state index contributed by atoms with van der Waals surface area (Å²) in [5.41, 5.74) is 2.43. The van der Waals surface area contributed by atoms with E-state index in [4.69, 9.17) is 18.9 Å². The lowest BCUT2D eigenvalue weighted by atomic mass is 10.1. The van der Waals surface area contributed by atoms with Gasteiger partial charge in [-0.25, -0.2) is 14.4 Å². The SMILES string of the molecule is COc1ccc(Cn2c(=O)c(I)cn([C@H]3C[C@H](OC(=O)c4ccc(C)cc4)[C@@H](COC(=O)c4ccc(C)cc4)O3)c2=O)cc1. The average Bonchev–Trinajstić information content (AvgIpc) is 3.42. The molecule has 0 saturated carbocycles. The van der Waals surface area contributed by atoms with Gasteiger partial charge in [0.15, 0.2) is 0 Å². The van der Waals surface area contributed by atoms with Crippen molar-refractivity contribution in [1.29, 1.82) is 0 Å². The molecule has 0 N–H and O–H groups in total. The van der Waals surface area contributed by atoms with E-state index in [1.807, 2.05) is 36.4 Å². The number of hydrogen-bond donors (Lipinski definition) is 0. The molecular formula is C33H31IN2O8.